The molecule has 28 atom stereocenters. The Morgan fingerprint density at radius 3 is 1.49 bits per heavy atom. The molecule has 103 heavy (non-hydrogen) atoms. The Bertz CT molecular complexity index is 2360. The maximum absolute atomic E-state index is 13.9. The highest BCUT2D eigenvalue weighted by Gasteiger charge is 2.62. The normalized spacial score (nSPS) is 35.0. The molecule has 2 amide bonds. The summed E-state index contributed by atoms with van der Waals surface area (Å²) in [6, 6.07) is -2.99. The summed E-state index contributed by atoms with van der Waals surface area (Å²) in [4.78, 5) is 40.3. The summed E-state index contributed by atoms with van der Waals surface area (Å²) in [5.74, 6) is -6.87. The maximum Gasteiger partial charge on any atom is 0.364 e. The first kappa shape index (κ1) is 90.7. The average Bonchev–Trinajstić information content (AvgIpc) is 1.21. The zero-order chi connectivity index (χ0) is 75.8. The standard InChI is InChI=1S/C70H126N2O31/c1-4-6-8-10-12-14-16-18-19-20-22-24-26-28-30-32-49(82)72-41(42(79)31-29-27-25-23-21-17-15-13-11-9-7-5-2)39-94-65-56(88)55(87)61(48(38-77)98-65)100-68-59(91)64(53(85)47(37-76)97-68)103-70(69(92)93)33-45(50(71-40(3)78)62(102-70)51(83)43(80)34-73)95-67-58(90)63(52(84)46(36-75)96-67)101-66-57(89)54(86)60(99-66)44(81)35-74/h29,31,41-48,50-68,73-77,79-81,83-91H,4-28,30,32-39H2,1-3H3,(H,71,78)(H,72,82)(H,92,93)/b31-29+/t41-,42+,43+,44?,45-,46-,47-,48+,50+,51+,52+,53+,54+,55+,56+,57+,58-,59-,60-,61+,62-,63+,64+,65+,66+,67-,68+,70-/m0/s1. The minimum Gasteiger partial charge on any atom is -0.477 e. The van der Waals surface area contributed by atoms with Gasteiger partial charge < -0.3 is 150 Å². The van der Waals surface area contributed by atoms with E-state index in [4.69, 9.17) is 47.4 Å². The molecule has 0 saturated carbocycles. The molecule has 0 spiro atoms. The first-order chi connectivity index (χ1) is 49.4. The van der Waals surface area contributed by atoms with E-state index in [1.54, 1.807) is 6.08 Å². The van der Waals surface area contributed by atoms with Crippen LogP contribution in [-0.4, -0.2) is 321 Å². The number of ether oxygens (including phenoxy) is 10. The number of carboxylic acids is 1. The number of amides is 2. The van der Waals surface area contributed by atoms with Crippen LogP contribution >= 0.6 is 0 Å². The molecule has 0 aromatic heterocycles. The quantitative estimate of drug-likeness (QED) is 0.0241. The van der Waals surface area contributed by atoms with Crippen molar-refractivity contribution in [3.8, 4) is 0 Å². The number of carbonyl (C=O) groups excluding carboxylic acids is 2. The zero-order valence-electron chi connectivity index (χ0n) is 60.1. The lowest BCUT2D eigenvalue weighted by molar-refractivity contribution is -0.393. The summed E-state index contributed by atoms with van der Waals surface area (Å²) in [6.07, 6.45) is -19.2. The van der Waals surface area contributed by atoms with Crippen molar-refractivity contribution in [3.63, 3.8) is 0 Å². The van der Waals surface area contributed by atoms with Crippen LogP contribution in [0.2, 0.25) is 0 Å². The van der Waals surface area contributed by atoms with Gasteiger partial charge in [0.2, 0.25) is 11.8 Å². The van der Waals surface area contributed by atoms with Crippen LogP contribution < -0.4 is 10.6 Å². The minimum absolute atomic E-state index is 0.154. The lowest BCUT2D eigenvalue weighted by Crippen LogP contribution is -2.72. The van der Waals surface area contributed by atoms with Crippen molar-refractivity contribution >= 4 is 17.8 Å². The van der Waals surface area contributed by atoms with E-state index in [9.17, 15) is 106 Å². The number of nitrogens with one attached hydrogen (secondary N) is 2. The van der Waals surface area contributed by atoms with Gasteiger partial charge in [-0.25, -0.2) is 4.79 Å². The van der Waals surface area contributed by atoms with Gasteiger partial charge in [-0.15, -0.1) is 0 Å². The van der Waals surface area contributed by atoms with Gasteiger partial charge in [0.1, 0.15) is 116 Å². The number of aliphatic carboxylic acids is 1. The lowest BCUT2D eigenvalue weighted by Gasteiger charge is -2.52. The van der Waals surface area contributed by atoms with E-state index in [1.165, 1.54) is 103 Å². The van der Waals surface area contributed by atoms with E-state index in [2.05, 4.69) is 24.5 Å². The van der Waals surface area contributed by atoms with Crippen molar-refractivity contribution in [2.24, 2.45) is 0 Å². The van der Waals surface area contributed by atoms with Crippen LogP contribution in [0, 0.1) is 0 Å². The molecule has 5 aliphatic heterocycles. The molecule has 602 valence electrons. The third-order valence-corrected chi connectivity index (χ3v) is 19.9. The van der Waals surface area contributed by atoms with Crippen molar-refractivity contribution in [1.29, 1.82) is 0 Å². The Morgan fingerprint density at radius 1 is 0.515 bits per heavy atom. The fraction of sp³-hybridized carbons (Fsp3) is 0.929. The van der Waals surface area contributed by atoms with Crippen LogP contribution in [0.3, 0.4) is 0 Å². The van der Waals surface area contributed by atoms with E-state index in [0.29, 0.717) is 12.8 Å². The van der Waals surface area contributed by atoms with Gasteiger partial charge in [-0.2, -0.15) is 0 Å². The van der Waals surface area contributed by atoms with E-state index in [-0.39, 0.29) is 12.3 Å². The van der Waals surface area contributed by atoms with Crippen LogP contribution in [0.5, 0.6) is 0 Å². The van der Waals surface area contributed by atoms with Crippen LogP contribution in [0.25, 0.3) is 0 Å². The van der Waals surface area contributed by atoms with Crippen LogP contribution in [-0.2, 0) is 61.8 Å². The van der Waals surface area contributed by atoms with E-state index >= 15 is 0 Å². The Balaban J connectivity index is 1.31. The fourth-order valence-corrected chi connectivity index (χ4v) is 13.7. The molecule has 33 nitrogen and oxygen atoms in total. The molecule has 5 fully saturated rings. The largest absolute Gasteiger partial charge is 0.477 e. The Labute approximate surface area is 603 Å². The summed E-state index contributed by atoms with van der Waals surface area (Å²) in [7, 11) is 0. The van der Waals surface area contributed by atoms with E-state index in [0.717, 1.165) is 58.3 Å². The number of aliphatic hydroxyl groups is 17. The van der Waals surface area contributed by atoms with Gasteiger partial charge >= 0.3 is 5.97 Å². The van der Waals surface area contributed by atoms with Crippen molar-refractivity contribution in [2.45, 2.75) is 372 Å². The molecule has 0 bridgehead atoms. The van der Waals surface area contributed by atoms with Gasteiger partial charge in [-0.3, -0.25) is 9.59 Å². The molecule has 1 unspecified atom stereocenters. The molecule has 0 aromatic rings. The van der Waals surface area contributed by atoms with Gasteiger partial charge in [-0.1, -0.05) is 174 Å². The highest BCUT2D eigenvalue weighted by Crippen LogP contribution is 2.41. The van der Waals surface area contributed by atoms with Gasteiger partial charge in [-0.05, 0) is 19.3 Å². The monoisotopic (exact) mass is 1490 g/mol. The summed E-state index contributed by atoms with van der Waals surface area (Å²) in [6.45, 7) is -0.526. The van der Waals surface area contributed by atoms with Crippen molar-refractivity contribution in [3.05, 3.63) is 12.2 Å². The fourth-order valence-electron chi connectivity index (χ4n) is 13.7. The molecular weight excluding hydrogens is 1360 g/mol. The zero-order valence-corrected chi connectivity index (χ0v) is 60.1. The number of carbonyl (C=O) groups is 3. The molecule has 5 aliphatic rings. The molecule has 20 N–H and O–H groups in total. The topological polar surface area (TPSA) is 532 Å². The number of hydrogen-bond acceptors (Lipinski definition) is 30. The second kappa shape index (κ2) is 47.9. The summed E-state index contributed by atoms with van der Waals surface area (Å²) < 4.78 is 58.4. The van der Waals surface area contributed by atoms with Crippen molar-refractivity contribution in [1.82, 2.24) is 10.6 Å². The maximum atomic E-state index is 13.9. The van der Waals surface area contributed by atoms with E-state index in [1.807, 2.05) is 6.08 Å². The first-order valence-electron chi connectivity index (χ1n) is 37.6. The van der Waals surface area contributed by atoms with Gasteiger partial charge in [0.05, 0.1) is 63.9 Å². The highest BCUT2D eigenvalue weighted by molar-refractivity contribution is 5.77. The molecule has 5 saturated heterocycles. The molecule has 0 aliphatic carbocycles. The number of allylic oxidation sites excluding steroid dienone is 1. The Kier molecular flexibility index (Phi) is 42.2. The van der Waals surface area contributed by atoms with Gasteiger partial charge in [0, 0.05) is 19.8 Å². The molecule has 33 heteroatoms. The van der Waals surface area contributed by atoms with Crippen LogP contribution in [0.1, 0.15) is 201 Å². The predicted molar refractivity (Wildman–Crippen MR) is 362 cm³/mol. The minimum atomic E-state index is -3.40. The second-order valence-electron chi connectivity index (χ2n) is 28.2. The number of hydrogen-bond donors (Lipinski definition) is 20. The Morgan fingerprint density at radius 2 is 0.981 bits per heavy atom. The average molecular weight is 1490 g/mol. The third kappa shape index (κ3) is 27.6. The number of aliphatic hydroxyl groups excluding tert-OH is 17. The SMILES string of the molecule is CCCCCCCCCCCC/C=C/[C@@H](O)[C@H](CO[C@@H]1O[C@H](CO)[C@@H](O[C@H]2O[C@@H](CO)[C@@H](O)[C@@H](O[C@]3(C(=O)O)C[C@H](O[C@H]4O[C@@H](CO)[C@@H](O)[C@@H](O[C@H]5O[C@@H](C(O)CO)[C@H](O)[C@H]5O)[C@@H]4O)[C@@H](NC(C)=O)[C@@H]([C@H](O)[C@H](O)CO)O3)[C@@H]2O)[C@H](O)[C@H]1O)NC(=O)CCCCCCCCCCCCCCCCC. The molecule has 0 aromatic carbocycles. The van der Waals surface area contributed by atoms with Gasteiger partial charge in [0.15, 0.2) is 25.2 Å². The molecule has 5 heterocycles. The van der Waals surface area contributed by atoms with Crippen LogP contribution in [0.4, 0.5) is 0 Å². The third-order valence-electron chi connectivity index (χ3n) is 19.9. The molecule has 5 rings (SSSR count). The molecule has 0 radical (unpaired) electrons. The van der Waals surface area contributed by atoms with Crippen molar-refractivity contribution < 1.29 is 154 Å². The number of unbranched alkanes of at least 4 members (excludes halogenated alkanes) is 24. The lowest BCUT2D eigenvalue weighted by atomic mass is 9.87. The smallest absolute Gasteiger partial charge is 0.364 e. The summed E-state index contributed by atoms with van der Waals surface area (Å²) in [5, 5.41) is 203. The Hall–Kier alpha value is -2.93. The molecular formula is C70H126N2O31. The van der Waals surface area contributed by atoms with E-state index < -0.39 is 229 Å². The summed E-state index contributed by atoms with van der Waals surface area (Å²) in [5.41, 5.74) is 0. The predicted octanol–water partition coefficient (Wildman–Crippen LogP) is -1.58. The van der Waals surface area contributed by atoms with Crippen LogP contribution in [0.15, 0.2) is 12.2 Å². The highest BCUT2D eigenvalue weighted by atomic mass is 16.8. The number of carboxylic acid groups (broad SMARTS) is 1. The van der Waals surface area contributed by atoms with Gasteiger partial charge in [0.25, 0.3) is 5.79 Å². The summed E-state index contributed by atoms with van der Waals surface area (Å²) >= 11 is 0. The second-order valence-corrected chi connectivity index (χ2v) is 28.2. The first-order valence-corrected chi connectivity index (χ1v) is 37.6. The number of rotatable bonds is 51. The van der Waals surface area contributed by atoms with Crippen molar-refractivity contribution in [2.75, 3.05) is 39.6 Å².